The van der Waals surface area contributed by atoms with Gasteiger partial charge >= 0.3 is 6.03 Å². The first kappa shape index (κ1) is 15.7. The molecule has 7 nitrogen and oxygen atoms in total. The van der Waals surface area contributed by atoms with E-state index in [0.29, 0.717) is 30.4 Å². The molecule has 1 saturated heterocycles. The molecule has 2 aliphatic rings. The summed E-state index contributed by atoms with van der Waals surface area (Å²) in [7, 11) is 0. The lowest BCUT2D eigenvalue weighted by atomic mass is 10.0. The number of anilines is 1. The summed E-state index contributed by atoms with van der Waals surface area (Å²) >= 11 is 0. The van der Waals surface area contributed by atoms with Crippen LogP contribution in [0.25, 0.3) is 0 Å². The highest BCUT2D eigenvalue weighted by molar-refractivity contribution is 5.95. The van der Waals surface area contributed by atoms with Gasteiger partial charge in [0.2, 0.25) is 5.91 Å². The van der Waals surface area contributed by atoms with E-state index in [4.69, 9.17) is 4.52 Å². The normalized spacial score (nSPS) is 20.3. The maximum Gasteiger partial charge on any atom is 0.323 e. The highest BCUT2D eigenvalue weighted by Gasteiger charge is 2.37. The molecule has 1 saturated carbocycles. The molecule has 2 N–H and O–H groups in total. The van der Waals surface area contributed by atoms with Crippen LogP contribution in [0, 0.1) is 6.92 Å². The zero-order valence-electron chi connectivity index (χ0n) is 14.0. The fourth-order valence-corrected chi connectivity index (χ4v) is 3.19. The third-order valence-electron chi connectivity index (χ3n) is 4.66. The van der Waals surface area contributed by atoms with Crippen molar-refractivity contribution in [2.75, 3.05) is 18.4 Å². The number of amides is 3. The van der Waals surface area contributed by atoms with Crippen molar-refractivity contribution in [3.63, 3.8) is 0 Å². The number of benzene rings is 1. The molecule has 1 atom stereocenters. The number of nitrogens with one attached hydrogen (secondary N) is 2. The van der Waals surface area contributed by atoms with Crippen molar-refractivity contribution < 1.29 is 14.1 Å². The van der Waals surface area contributed by atoms with Crippen LogP contribution < -0.4 is 10.6 Å². The highest BCUT2D eigenvalue weighted by Crippen LogP contribution is 2.44. The summed E-state index contributed by atoms with van der Waals surface area (Å²) in [6, 6.07) is 8.38. The number of nitrogens with zero attached hydrogens (tertiary/aromatic N) is 2. The third-order valence-corrected chi connectivity index (χ3v) is 4.66. The molecule has 25 heavy (non-hydrogen) atoms. The Morgan fingerprint density at radius 3 is 2.80 bits per heavy atom. The lowest BCUT2D eigenvalue weighted by molar-refractivity contribution is -0.127. The predicted octanol–water partition coefficient (Wildman–Crippen LogP) is 2.57. The van der Waals surface area contributed by atoms with Gasteiger partial charge in [0.1, 0.15) is 17.4 Å². The van der Waals surface area contributed by atoms with Crippen molar-refractivity contribution >= 4 is 17.6 Å². The molecule has 7 heteroatoms. The van der Waals surface area contributed by atoms with Crippen LogP contribution in [0.2, 0.25) is 0 Å². The number of carbonyl (C=O) groups excluding carboxylic acids is 2. The molecule has 1 aromatic heterocycles. The van der Waals surface area contributed by atoms with Gasteiger partial charge in [-0.05, 0) is 25.3 Å². The fourth-order valence-electron chi connectivity index (χ4n) is 3.19. The third kappa shape index (κ3) is 2.97. The van der Waals surface area contributed by atoms with Crippen LogP contribution in [0.4, 0.5) is 10.5 Å². The average molecular weight is 340 g/mol. The minimum absolute atomic E-state index is 0.169. The lowest BCUT2D eigenvalue weighted by Gasteiger charge is -2.35. The maximum atomic E-state index is 12.9. The quantitative estimate of drug-likeness (QED) is 0.899. The number of aryl methyl sites for hydroxylation is 1. The molecule has 2 aromatic rings. The van der Waals surface area contributed by atoms with Crippen molar-refractivity contribution in [3.8, 4) is 0 Å². The van der Waals surface area contributed by atoms with Crippen molar-refractivity contribution in [2.24, 2.45) is 0 Å². The first-order chi connectivity index (χ1) is 12.1. The Morgan fingerprint density at radius 1 is 1.32 bits per heavy atom. The Morgan fingerprint density at radius 2 is 2.08 bits per heavy atom. The maximum absolute atomic E-state index is 12.9. The molecule has 1 aromatic carbocycles. The summed E-state index contributed by atoms with van der Waals surface area (Å²) in [6.45, 7) is 2.69. The van der Waals surface area contributed by atoms with Gasteiger partial charge in [0.25, 0.3) is 0 Å². The van der Waals surface area contributed by atoms with E-state index in [1.54, 1.807) is 4.90 Å². The van der Waals surface area contributed by atoms with Crippen molar-refractivity contribution in [3.05, 3.63) is 47.3 Å². The minimum atomic E-state index is -0.639. The van der Waals surface area contributed by atoms with E-state index in [0.717, 1.165) is 24.2 Å². The second kappa shape index (κ2) is 6.23. The summed E-state index contributed by atoms with van der Waals surface area (Å²) < 4.78 is 5.38. The average Bonchev–Trinajstić information content (AvgIpc) is 3.40. The minimum Gasteiger partial charge on any atom is -0.359 e. The number of urea groups is 1. The Bertz CT molecular complexity index is 798. The Kier molecular flexibility index (Phi) is 3.91. The van der Waals surface area contributed by atoms with Gasteiger partial charge < -0.3 is 20.1 Å². The topological polar surface area (TPSA) is 87.5 Å². The molecule has 0 spiro atoms. The molecule has 2 fully saturated rings. The van der Waals surface area contributed by atoms with Crippen LogP contribution in [0.3, 0.4) is 0 Å². The molecule has 0 radical (unpaired) electrons. The molecule has 1 unspecified atom stereocenters. The molecular formula is C18H20N4O3. The van der Waals surface area contributed by atoms with Crippen LogP contribution in [0.15, 0.2) is 34.9 Å². The highest BCUT2D eigenvalue weighted by atomic mass is 16.5. The molecule has 3 amide bonds. The Balaban J connectivity index is 1.59. The van der Waals surface area contributed by atoms with Crippen LogP contribution in [0.1, 0.15) is 41.8 Å². The number of hydrogen-bond donors (Lipinski definition) is 2. The van der Waals surface area contributed by atoms with Gasteiger partial charge in [-0.1, -0.05) is 35.5 Å². The van der Waals surface area contributed by atoms with Crippen LogP contribution in [0.5, 0.6) is 0 Å². The van der Waals surface area contributed by atoms with Gasteiger partial charge in [0, 0.05) is 19.0 Å². The zero-order chi connectivity index (χ0) is 17.4. The van der Waals surface area contributed by atoms with Crippen LogP contribution in [-0.4, -0.2) is 35.1 Å². The SMILES string of the molecule is Cc1noc(C2CC2)c1NC(=O)N1CCNC(=O)C1c1ccccc1. The molecular weight excluding hydrogens is 320 g/mol. The smallest absolute Gasteiger partial charge is 0.323 e. The van der Waals surface area contributed by atoms with Gasteiger partial charge in [-0.25, -0.2) is 4.79 Å². The molecule has 4 rings (SSSR count). The summed E-state index contributed by atoms with van der Waals surface area (Å²) in [4.78, 5) is 26.9. The van der Waals surface area contributed by atoms with E-state index < -0.39 is 6.04 Å². The van der Waals surface area contributed by atoms with Crippen LogP contribution >= 0.6 is 0 Å². The lowest BCUT2D eigenvalue weighted by Crippen LogP contribution is -2.53. The van der Waals surface area contributed by atoms with E-state index in [9.17, 15) is 9.59 Å². The van der Waals surface area contributed by atoms with Gasteiger partial charge in [-0.15, -0.1) is 0 Å². The number of piperazine rings is 1. The summed E-state index contributed by atoms with van der Waals surface area (Å²) in [5, 5.41) is 9.74. The molecule has 2 heterocycles. The largest absolute Gasteiger partial charge is 0.359 e. The van der Waals surface area contributed by atoms with Crippen molar-refractivity contribution in [2.45, 2.75) is 31.7 Å². The fraction of sp³-hybridized carbons (Fsp3) is 0.389. The van der Waals surface area contributed by atoms with Crippen LogP contribution in [-0.2, 0) is 4.79 Å². The number of hydrogen-bond acceptors (Lipinski definition) is 4. The van der Waals surface area contributed by atoms with E-state index >= 15 is 0 Å². The van der Waals surface area contributed by atoms with E-state index in [1.807, 2.05) is 37.3 Å². The second-order valence-electron chi connectivity index (χ2n) is 6.51. The van der Waals surface area contributed by atoms with E-state index in [1.165, 1.54) is 0 Å². The van der Waals surface area contributed by atoms with Crippen molar-refractivity contribution in [1.82, 2.24) is 15.4 Å². The van der Waals surface area contributed by atoms with E-state index in [-0.39, 0.29) is 11.9 Å². The molecule has 1 aliphatic carbocycles. The first-order valence-electron chi connectivity index (χ1n) is 8.51. The second-order valence-corrected chi connectivity index (χ2v) is 6.51. The van der Waals surface area contributed by atoms with E-state index in [2.05, 4.69) is 15.8 Å². The zero-order valence-corrected chi connectivity index (χ0v) is 14.0. The van der Waals surface area contributed by atoms with Gasteiger partial charge in [0.05, 0.1) is 0 Å². The van der Waals surface area contributed by atoms with Gasteiger partial charge in [0.15, 0.2) is 5.76 Å². The molecule has 130 valence electrons. The first-order valence-corrected chi connectivity index (χ1v) is 8.51. The van der Waals surface area contributed by atoms with Gasteiger partial charge in [-0.2, -0.15) is 0 Å². The number of aromatic nitrogens is 1. The Hall–Kier alpha value is -2.83. The predicted molar refractivity (Wildman–Crippen MR) is 91.1 cm³/mol. The summed E-state index contributed by atoms with van der Waals surface area (Å²) in [6.07, 6.45) is 2.10. The monoisotopic (exact) mass is 340 g/mol. The molecule has 0 bridgehead atoms. The molecule has 1 aliphatic heterocycles. The Labute approximate surface area is 145 Å². The number of rotatable bonds is 3. The summed E-state index contributed by atoms with van der Waals surface area (Å²) in [5.41, 5.74) is 2.09. The van der Waals surface area contributed by atoms with Gasteiger partial charge in [-0.3, -0.25) is 4.79 Å². The summed E-state index contributed by atoms with van der Waals surface area (Å²) in [5.74, 6) is 0.909. The standard InChI is InChI=1S/C18H20N4O3/c1-11-14(16(25-21-11)13-7-8-13)20-18(24)22-10-9-19-17(23)15(22)12-5-3-2-4-6-12/h2-6,13,15H,7-10H2,1H3,(H,19,23)(H,20,24). The van der Waals surface area contributed by atoms with Crippen molar-refractivity contribution in [1.29, 1.82) is 0 Å². The number of carbonyl (C=O) groups is 2.